The average Bonchev–Trinajstić information content (AvgIpc) is 2.50. The van der Waals surface area contributed by atoms with E-state index in [0.29, 0.717) is 16.8 Å². The van der Waals surface area contributed by atoms with E-state index in [1.165, 1.54) is 18.2 Å². The third-order valence-corrected chi connectivity index (χ3v) is 3.30. The van der Waals surface area contributed by atoms with Crippen molar-refractivity contribution in [3.05, 3.63) is 67.6 Å². The Hall–Kier alpha value is -2.88. The molecule has 0 unspecified atom stereocenters. The number of nitrogens with one attached hydrogen (secondary N) is 1. The van der Waals surface area contributed by atoms with Gasteiger partial charge in [-0.1, -0.05) is 17.7 Å². The number of halogens is 4. The lowest BCUT2D eigenvalue weighted by molar-refractivity contribution is -0.384. The highest BCUT2D eigenvalue weighted by molar-refractivity contribution is 6.30. The second-order valence-corrected chi connectivity index (χ2v) is 5.27. The summed E-state index contributed by atoms with van der Waals surface area (Å²) < 4.78 is 38.7. The molecule has 1 N–H and O–H groups in total. The number of rotatable bonds is 4. The number of aromatic nitrogens is 1. The van der Waals surface area contributed by atoms with E-state index in [1.807, 2.05) is 0 Å². The first-order chi connectivity index (χ1) is 11.6. The first-order valence-corrected chi connectivity index (χ1v) is 6.97. The van der Waals surface area contributed by atoms with Crippen LogP contribution >= 0.6 is 11.6 Å². The highest BCUT2D eigenvalue weighted by atomic mass is 35.5. The molecule has 0 fully saturated rings. The average molecular weight is 376 g/mol. The molecular formula is C14H9ClF3N3O4. The van der Waals surface area contributed by atoms with Crippen molar-refractivity contribution in [1.82, 2.24) is 4.57 Å². The van der Waals surface area contributed by atoms with E-state index in [2.05, 4.69) is 5.32 Å². The molecule has 0 aliphatic heterocycles. The zero-order valence-corrected chi connectivity index (χ0v) is 13.0. The van der Waals surface area contributed by atoms with Gasteiger partial charge in [0.05, 0.1) is 10.5 Å². The van der Waals surface area contributed by atoms with Gasteiger partial charge in [0, 0.05) is 24.0 Å². The van der Waals surface area contributed by atoms with Gasteiger partial charge < -0.3 is 9.88 Å². The van der Waals surface area contributed by atoms with Gasteiger partial charge in [0.1, 0.15) is 11.6 Å². The Morgan fingerprint density at radius 3 is 2.60 bits per heavy atom. The lowest BCUT2D eigenvalue weighted by atomic mass is 10.2. The number of benzene rings is 1. The number of carbonyl (C=O) groups is 1. The van der Waals surface area contributed by atoms with Crippen LogP contribution < -0.4 is 10.9 Å². The zero-order chi connectivity index (χ0) is 18.8. The van der Waals surface area contributed by atoms with Gasteiger partial charge in [0.2, 0.25) is 5.91 Å². The SMILES string of the molecule is O=C(Cn1cc(C(F)(F)F)cc(Cl)c1=O)Nc1cccc([N+](=O)[O-])c1. The fourth-order valence-corrected chi connectivity index (χ4v) is 2.15. The van der Waals surface area contributed by atoms with Crippen molar-refractivity contribution in [2.45, 2.75) is 12.7 Å². The molecule has 11 heteroatoms. The van der Waals surface area contributed by atoms with Crippen LogP contribution in [0.3, 0.4) is 0 Å². The van der Waals surface area contributed by atoms with Crippen LogP contribution in [-0.4, -0.2) is 15.4 Å². The van der Waals surface area contributed by atoms with Gasteiger partial charge in [0.25, 0.3) is 11.2 Å². The number of pyridine rings is 1. The van der Waals surface area contributed by atoms with Crippen LogP contribution in [0.4, 0.5) is 24.5 Å². The second-order valence-electron chi connectivity index (χ2n) is 4.86. The van der Waals surface area contributed by atoms with E-state index in [-0.39, 0.29) is 11.4 Å². The maximum absolute atomic E-state index is 12.7. The minimum absolute atomic E-state index is 0.0605. The number of nitro benzene ring substituents is 1. The van der Waals surface area contributed by atoms with Gasteiger partial charge in [-0.15, -0.1) is 0 Å². The molecule has 1 amide bonds. The normalized spacial score (nSPS) is 11.2. The van der Waals surface area contributed by atoms with Gasteiger partial charge >= 0.3 is 6.18 Å². The molecule has 0 bridgehead atoms. The van der Waals surface area contributed by atoms with E-state index in [4.69, 9.17) is 11.6 Å². The van der Waals surface area contributed by atoms with Crippen molar-refractivity contribution in [3.63, 3.8) is 0 Å². The Bertz CT molecular complexity index is 896. The van der Waals surface area contributed by atoms with Crippen LogP contribution in [0.5, 0.6) is 0 Å². The standard InChI is InChI=1S/C14H9ClF3N3O4/c15-11-4-8(14(16,17)18)6-20(13(11)23)7-12(22)19-9-2-1-3-10(5-9)21(24)25/h1-6H,7H2,(H,19,22). The molecule has 0 aliphatic rings. The maximum atomic E-state index is 12.7. The summed E-state index contributed by atoms with van der Waals surface area (Å²) >= 11 is 5.48. The molecule has 2 aromatic rings. The number of nitro groups is 1. The van der Waals surface area contributed by atoms with Gasteiger partial charge in [-0.3, -0.25) is 19.7 Å². The van der Waals surface area contributed by atoms with Crippen molar-refractivity contribution in [3.8, 4) is 0 Å². The summed E-state index contributed by atoms with van der Waals surface area (Å²) in [7, 11) is 0. The van der Waals surface area contributed by atoms with Crippen LogP contribution in [0.15, 0.2) is 41.3 Å². The first kappa shape index (κ1) is 18.5. The first-order valence-electron chi connectivity index (χ1n) is 6.59. The third kappa shape index (κ3) is 4.57. The van der Waals surface area contributed by atoms with Gasteiger partial charge in [-0.25, -0.2) is 0 Å². The minimum Gasteiger partial charge on any atom is -0.324 e. The minimum atomic E-state index is -4.74. The van der Waals surface area contributed by atoms with Crippen molar-refractivity contribution >= 4 is 28.9 Å². The molecule has 0 saturated heterocycles. The number of hydrogen-bond donors (Lipinski definition) is 1. The summed E-state index contributed by atoms with van der Waals surface area (Å²) in [6.45, 7) is -0.745. The van der Waals surface area contributed by atoms with Crippen LogP contribution in [0, 0.1) is 10.1 Å². The fraction of sp³-hybridized carbons (Fsp3) is 0.143. The Labute approximate surface area is 142 Å². The Morgan fingerprint density at radius 1 is 1.32 bits per heavy atom. The molecule has 0 aliphatic carbocycles. The molecule has 1 aromatic carbocycles. The molecule has 7 nitrogen and oxygen atoms in total. The van der Waals surface area contributed by atoms with E-state index >= 15 is 0 Å². The van der Waals surface area contributed by atoms with Crippen molar-refractivity contribution in [2.75, 3.05) is 5.32 Å². The monoisotopic (exact) mass is 375 g/mol. The lowest BCUT2D eigenvalue weighted by Crippen LogP contribution is -2.29. The summed E-state index contributed by atoms with van der Waals surface area (Å²) in [5, 5.41) is 12.3. The zero-order valence-electron chi connectivity index (χ0n) is 12.2. The highest BCUT2D eigenvalue weighted by Crippen LogP contribution is 2.29. The van der Waals surface area contributed by atoms with Crippen LogP contribution in [-0.2, 0) is 17.5 Å². The fourth-order valence-electron chi connectivity index (χ4n) is 1.92. The number of anilines is 1. The predicted octanol–water partition coefficient (Wildman–Crippen LogP) is 3.07. The summed E-state index contributed by atoms with van der Waals surface area (Å²) in [6.07, 6.45) is -4.27. The Balaban J connectivity index is 2.23. The quantitative estimate of drug-likeness (QED) is 0.656. The van der Waals surface area contributed by atoms with Gasteiger partial charge in [-0.2, -0.15) is 13.2 Å². The van der Waals surface area contributed by atoms with E-state index < -0.39 is 39.7 Å². The number of amides is 1. The topological polar surface area (TPSA) is 94.2 Å². The van der Waals surface area contributed by atoms with Crippen LogP contribution in [0.25, 0.3) is 0 Å². The van der Waals surface area contributed by atoms with Gasteiger partial charge in [0.15, 0.2) is 0 Å². The van der Waals surface area contributed by atoms with Gasteiger partial charge in [-0.05, 0) is 12.1 Å². The third-order valence-electron chi connectivity index (χ3n) is 3.02. The molecule has 1 heterocycles. The number of hydrogen-bond acceptors (Lipinski definition) is 4. The van der Waals surface area contributed by atoms with Crippen molar-refractivity contribution in [1.29, 1.82) is 0 Å². The van der Waals surface area contributed by atoms with Crippen LogP contribution in [0.1, 0.15) is 5.56 Å². The molecule has 132 valence electrons. The molecule has 0 atom stereocenters. The summed E-state index contributed by atoms with van der Waals surface area (Å²) in [5.41, 5.74) is -2.37. The molecule has 25 heavy (non-hydrogen) atoms. The summed E-state index contributed by atoms with van der Waals surface area (Å²) in [5.74, 6) is -0.849. The molecule has 0 saturated carbocycles. The largest absolute Gasteiger partial charge is 0.417 e. The summed E-state index contributed by atoms with van der Waals surface area (Å²) in [4.78, 5) is 33.7. The van der Waals surface area contributed by atoms with Crippen molar-refractivity contribution in [2.24, 2.45) is 0 Å². The molecule has 0 radical (unpaired) electrons. The number of carbonyl (C=O) groups excluding carboxylic acids is 1. The van der Waals surface area contributed by atoms with Crippen molar-refractivity contribution < 1.29 is 22.9 Å². The highest BCUT2D eigenvalue weighted by Gasteiger charge is 2.32. The predicted molar refractivity (Wildman–Crippen MR) is 82.4 cm³/mol. The Morgan fingerprint density at radius 2 is 2.00 bits per heavy atom. The number of nitrogens with zero attached hydrogens (tertiary/aromatic N) is 2. The van der Waals surface area contributed by atoms with E-state index in [9.17, 15) is 32.9 Å². The van der Waals surface area contributed by atoms with Crippen LogP contribution in [0.2, 0.25) is 5.02 Å². The molecule has 0 spiro atoms. The lowest BCUT2D eigenvalue weighted by Gasteiger charge is -2.12. The second kappa shape index (κ2) is 6.93. The maximum Gasteiger partial charge on any atom is 0.417 e. The Kier molecular flexibility index (Phi) is 5.12. The summed E-state index contributed by atoms with van der Waals surface area (Å²) in [6, 6.07) is 5.42. The van der Waals surface area contributed by atoms with E-state index in [1.54, 1.807) is 0 Å². The molecule has 1 aromatic heterocycles. The smallest absolute Gasteiger partial charge is 0.324 e. The van der Waals surface area contributed by atoms with E-state index in [0.717, 1.165) is 6.07 Å². The number of non-ortho nitro benzene ring substituents is 1. The molecule has 2 rings (SSSR count). The number of alkyl halides is 3. The molecular weight excluding hydrogens is 367 g/mol.